The van der Waals surface area contributed by atoms with E-state index in [2.05, 4.69) is 0 Å². The quantitative estimate of drug-likeness (QED) is 0.517. The summed E-state index contributed by atoms with van der Waals surface area (Å²) in [4.78, 5) is 23.8. The zero-order valence-electron chi connectivity index (χ0n) is 8.23. The summed E-state index contributed by atoms with van der Waals surface area (Å²) in [5, 5.41) is 8.98. The molecule has 0 atom stereocenters. The summed E-state index contributed by atoms with van der Waals surface area (Å²) >= 11 is 1.25. The molecule has 5 nitrogen and oxygen atoms in total. The second-order valence-electron chi connectivity index (χ2n) is 2.69. The van der Waals surface area contributed by atoms with Gasteiger partial charge >= 0.3 is 5.97 Å². The number of ether oxygens (including phenoxy) is 1. The molecule has 0 unspecified atom stereocenters. The van der Waals surface area contributed by atoms with Crippen molar-refractivity contribution in [1.29, 1.82) is 5.26 Å². The van der Waals surface area contributed by atoms with E-state index in [0.29, 0.717) is 5.03 Å². The SMILES string of the molecule is CCOC(=O)CN1C(=O)CS/C1=C\C#N. The van der Waals surface area contributed by atoms with E-state index in [-0.39, 0.29) is 24.8 Å². The van der Waals surface area contributed by atoms with Crippen molar-refractivity contribution in [1.82, 2.24) is 4.90 Å². The van der Waals surface area contributed by atoms with Crippen LogP contribution in [0.1, 0.15) is 6.92 Å². The van der Waals surface area contributed by atoms with E-state index in [9.17, 15) is 9.59 Å². The maximum absolute atomic E-state index is 11.3. The molecular weight excluding hydrogens is 216 g/mol. The summed E-state index contributed by atoms with van der Waals surface area (Å²) in [6.45, 7) is 1.86. The number of carbonyl (C=O) groups is 2. The average molecular weight is 226 g/mol. The molecule has 80 valence electrons. The van der Waals surface area contributed by atoms with Crippen LogP contribution >= 0.6 is 11.8 Å². The number of nitriles is 1. The van der Waals surface area contributed by atoms with E-state index in [1.165, 1.54) is 22.7 Å². The Balaban J connectivity index is 2.66. The Labute approximate surface area is 91.7 Å². The van der Waals surface area contributed by atoms with Crippen molar-refractivity contribution in [2.75, 3.05) is 18.9 Å². The van der Waals surface area contributed by atoms with Crippen molar-refractivity contribution in [2.24, 2.45) is 0 Å². The predicted octanol–water partition coefficient (Wildman–Crippen LogP) is 0.490. The summed E-state index contributed by atoms with van der Waals surface area (Å²) in [7, 11) is 0. The molecule has 0 aromatic carbocycles. The highest BCUT2D eigenvalue weighted by Gasteiger charge is 2.28. The Kier molecular flexibility index (Phi) is 4.18. The molecule has 15 heavy (non-hydrogen) atoms. The van der Waals surface area contributed by atoms with Crippen LogP contribution in [-0.2, 0) is 14.3 Å². The summed E-state index contributed by atoms with van der Waals surface area (Å²) < 4.78 is 4.73. The van der Waals surface area contributed by atoms with Gasteiger partial charge in [-0.25, -0.2) is 0 Å². The molecule has 6 heteroatoms. The summed E-state index contributed by atoms with van der Waals surface area (Å²) in [6, 6.07) is 1.84. The molecule has 0 aliphatic carbocycles. The van der Waals surface area contributed by atoms with Gasteiger partial charge in [-0.3, -0.25) is 14.5 Å². The topological polar surface area (TPSA) is 70.4 Å². The van der Waals surface area contributed by atoms with E-state index in [4.69, 9.17) is 10.00 Å². The smallest absolute Gasteiger partial charge is 0.326 e. The Morgan fingerprint density at radius 2 is 2.53 bits per heavy atom. The molecule has 1 aliphatic heterocycles. The van der Waals surface area contributed by atoms with Crippen LogP contribution in [-0.4, -0.2) is 35.7 Å². The molecule has 0 bridgehead atoms. The van der Waals surface area contributed by atoms with Crippen LogP contribution in [0.15, 0.2) is 11.1 Å². The molecule has 1 fully saturated rings. The van der Waals surface area contributed by atoms with Gasteiger partial charge in [0.2, 0.25) is 5.91 Å². The van der Waals surface area contributed by atoms with E-state index < -0.39 is 5.97 Å². The van der Waals surface area contributed by atoms with Crippen molar-refractivity contribution in [3.8, 4) is 6.07 Å². The first kappa shape index (κ1) is 11.6. The fourth-order valence-corrected chi connectivity index (χ4v) is 1.98. The lowest BCUT2D eigenvalue weighted by Gasteiger charge is -2.14. The minimum absolute atomic E-state index is 0.118. The van der Waals surface area contributed by atoms with Gasteiger partial charge in [-0.05, 0) is 6.92 Å². The monoisotopic (exact) mass is 226 g/mol. The van der Waals surface area contributed by atoms with Gasteiger partial charge < -0.3 is 4.74 Å². The van der Waals surface area contributed by atoms with Crippen molar-refractivity contribution >= 4 is 23.6 Å². The van der Waals surface area contributed by atoms with Gasteiger partial charge in [-0.1, -0.05) is 11.8 Å². The summed E-state index contributed by atoms with van der Waals surface area (Å²) in [5.74, 6) is -0.362. The third kappa shape index (κ3) is 2.99. The lowest BCUT2D eigenvalue weighted by atomic mass is 10.5. The zero-order chi connectivity index (χ0) is 11.3. The zero-order valence-corrected chi connectivity index (χ0v) is 9.04. The molecule has 1 saturated heterocycles. The second kappa shape index (κ2) is 5.41. The highest BCUT2D eigenvalue weighted by atomic mass is 32.2. The van der Waals surface area contributed by atoms with Gasteiger partial charge in [-0.2, -0.15) is 5.26 Å². The molecule has 0 radical (unpaired) electrons. The van der Waals surface area contributed by atoms with Crippen LogP contribution in [0.5, 0.6) is 0 Å². The normalized spacial score (nSPS) is 18.0. The Morgan fingerprint density at radius 3 is 3.13 bits per heavy atom. The summed E-state index contributed by atoms with van der Waals surface area (Å²) in [5.41, 5.74) is 0. The number of esters is 1. The van der Waals surface area contributed by atoms with Gasteiger partial charge in [0.05, 0.1) is 23.5 Å². The molecule has 0 N–H and O–H groups in total. The van der Waals surface area contributed by atoms with Crippen molar-refractivity contribution in [3.05, 3.63) is 11.1 Å². The molecule has 0 spiro atoms. The molecule has 1 rings (SSSR count). The van der Waals surface area contributed by atoms with Gasteiger partial charge in [-0.15, -0.1) is 0 Å². The Bertz CT molecular complexity index is 346. The molecule has 0 aromatic rings. The van der Waals surface area contributed by atoms with E-state index in [1.54, 1.807) is 6.92 Å². The minimum Gasteiger partial charge on any atom is -0.465 e. The Hall–Kier alpha value is -1.48. The van der Waals surface area contributed by atoms with Gasteiger partial charge in [0.15, 0.2) is 0 Å². The van der Waals surface area contributed by atoms with Crippen LogP contribution in [0, 0.1) is 11.3 Å². The number of hydrogen-bond donors (Lipinski definition) is 0. The first-order valence-electron chi connectivity index (χ1n) is 4.37. The third-order valence-corrected chi connectivity index (χ3v) is 2.72. The summed E-state index contributed by atoms with van der Waals surface area (Å²) in [6.07, 6.45) is 1.26. The van der Waals surface area contributed by atoms with Crippen LogP contribution in [0.3, 0.4) is 0 Å². The maximum atomic E-state index is 11.3. The van der Waals surface area contributed by atoms with Crippen molar-refractivity contribution < 1.29 is 14.3 Å². The predicted molar refractivity (Wildman–Crippen MR) is 54.5 cm³/mol. The standard InChI is InChI=1S/C9H10N2O3S/c1-2-14-9(13)5-11-7(12)6-15-8(11)3-4-10/h3H,2,5-6H2,1H3/b8-3-. The lowest BCUT2D eigenvalue weighted by Crippen LogP contribution is -2.31. The van der Waals surface area contributed by atoms with Gasteiger partial charge in [0.25, 0.3) is 0 Å². The molecular formula is C9H10N2O3S. The number of nitrogens with zero attached hydrogens (tertiary/aromatic N) is 2. The molecule has 1 amide bonds. The number of allylic oxidation sites excluding steroid dienone is 1. The van der Waals surface area contributed by atoms with E-state index >= 15 is 0 Å². The number of hydrogen-bond acceptors (Lipinski definition) is 5. The van der Waals surface area contributed by atoms with Crippen LogP contribution in [0.2, 0.25) is 0 Å². The largest absolute Gasteiger partial charge is 0.465 e. The highest BCUT2D eigenvalue weighted by Crippen LogP contribution is 2.28. The van der Waals surface area contributed by atoms with Crippen LogP contribution < -0.4 is 0 Å². The van der Waals surface area contributed by atoms with E-state index in [1.807, 2.05) is 6.07 Å². The average Bonchev–Trinajstić information content (AvgIpc) is 2.51. The fourth-order valence-electron chi connectivity index (χ4n) is 1.09. The molecule has 0 aromatic heterocycles. The maximum Gasteiger partial charge on any atom is 0.326 e. The number of rotatable bonds is 3. The van der Waals surface area contributed by atoms with Gasteiger partial charge in [0, 0.05) is 6.08 Å². The third-order valence-electron chi connectivity index (χ3n) is 1.69. The molecule has 1 heterocycles. The number of carbonyl (C=O) groups excluding carboxylic acids is 2. The number of thioether (sulfide) groups is 1. The lowest BCUT2D eigenvalue weighted by molar-refractivity contribution is -0.146. The second-order valence-corrected chi connectivity index (χ2v) is 3.68. The molecule has 1 aliphatic rings. The van der Waals surface area contributed by atoms with Crippen LogP contribution in [0.4, 0.5) is 0 Å². The van der Waals surface area contributed by atoms with E-state index in [0.717, 1.165) is 0 Å². The van der Waals surface area contributed by atoms with Crippen molar-refractivity contribution in [3.63, 3.8) is 0 Å². The minimum atomic E-state index is -0.461. The van der Waals surface area contributed by atoms with Crippen LogP contribution in [0.25, 0.3) is 0 Å². The highest BCUT2D eigenvalue weighted by molar-refractivity contribution is 8.04. The Morgan fingerprint density at radius 1 is 1.80 bits per heavy atom. The molecule has 0 saturated carbocycles. The fraction of sp³-hybridized carbons (Fsp3) is 0.444. The first-order valence-corrected chi connectivity index (χ1v) is 5.36. The van der Waals surface area contributed by atoms with Crippen molar-refractivity contribution in [2.45, 2.75) is 6.92 Å². The number of amides is 1. The van der Waals surface area contributed by atoms with Gasteiger partial charge in [0.1, 0.15) is 6.54 Å². The first-order chi connectivity index (χ1) is 7.19.